The third kappa shape index (κ3) is 4.78. The maximum absolute atomic E-state index is 11.4. The Morgan fingerprint density at radius 2 is 2.00 bits per heavy atom. The van der Waals surface area contributed by atoms with E-state index < -0.39 is 0 Å². The average molecular weight is 196 g/mol. The molecule has 14 heavy (non-hydrogen) atoms. The minimum atomic E-state index is 0.426. The molecule has 1 unspecified atom stereocenters. The molecule has 1 nitrogen and oxygen atoms in total. The highest BCUT2D eigenvalue weighted by atomic mass is 16.1. The number of rotatable bonds is 2. The second-order valence-electron chi connectivity index (χ2n) is 5.95. The van der Waals surface area contributed by atoms with Crippen molar-refractivity contribution in [3.63, 3.8) is 0 Å². The summed E-state index contributed by atoms with van der Waals surface area (Å²) in [7, 11) is 0. The molecule has 0 aromatic rings. The Morgan fingerprint density at radius 3 is 2.64 bits per heavy atom. The Kier molecular flexibility index (Phi) is 4.15. The van der Waals surface area contributed by atoms with E-state index in [1.807, 2.05) is 0 Å². The van der Waals surface area contributed by atoms with Gasteiger partial charge < -0.3 is 0 Å². The fourth-order valence-electron chi connectivity index (χ4n) is 2.16. The van der Waals surface area contributed by atoms with Gasteiger partial charge >= 0.3 is 0 Å². The topological polar surface area (TPSA) is 17.1 Å². The second-order valence-corrected chi connectivity index (χ2v) is 5.95. The molecule has 0 radical (unpaired) electrons. The molecular formula is C13H24O. The fraction of sp³-hybridized carbons (Fsp3) is 0.923. The normalized spacial score (nSPS) is 24.8. The SMILES string of the molecule is CC(C)(C)CCC1CCCCC(=O)C1. The molecule has 0 amide bonds. The van der Waals surface area contributed by atoms with Crippen molar-refractivity contribution in [2.45, 2.75) is 65.7 Å². The van der Waals surface area contributed by atoms with Gasteiger partial charge in [-0.2, -0.15) is 0 Å². The molecule has 82 valence electrons. The van der Waals surface area contributed by atoms with Crippen molar-refractivity contribution >= 4 is 5.78 Å². The molecule has 1 aliphatic carbocycles. The van der Waals surface area contributed by atoms with Gasteiger partial charge in [-0.05, 0) is 30.6 Å². The average Bonchev–Trinajstić information content (AvgIpc) is 2.25. The monoisotopic (exact) mass is 196 g/mol. The summed E-state index contributed by atoms with van der Waals surface area (Å²) in [5.41, 5.74) is 0.426. The van der Waals surface area contributed by atoms with E-state index in [9.17, 15) is 4.79 Å². The lowest BCUT2D eigenvalue weighted by Gasteiger charge is -2.21. The standard InChI is InChI=1S/C13H24O/c1-13(2,3)9-8-11-6-4-5-7-12(14)10-11/h11H,4-10H2,1-3H3. The minimum Gasteiger partial charge on any atom is -0.300 e. The van der Waals surface area contributed by atoms with Crippen LogP contribution in [0.2, 0.25) is 0 Å². The molecule has 1 fully saturated rings. The first-order chi connectivity index (χ1) is 6.47. The third-order valence-electron chi connectivity index (χ3n) is 3.14. The van der Waals surface area contributed by atoms with E-state index in [2.05, 4.69) is 20.8 Å². The number of Topliss-reactive ketones (excluding diaryl/α,β-unsaturated/α-hetero) is 1. The lowest BCUT2D eigenvalue weighted by atomic mass is 9.84. The van der Waals surface area contributed by atoms with E-state index in [0.29, 0.717) is 17.1 Å². The van der Waals surface area contributed by atoms with Crippen LogP contribution >= 0.6 is 0 Å². The van der Waals surface area contributed by atoms with Gasteiger partial charge in [0, 0.05) is 12.8 Å². The molecule has 0 aromatic heterocycles. The molecule has 0 heterocycles. The maximum atomic E-state index is 11.4. The molecular weight excluding hydrogens is 172 g/mol. The van der Waals surface area contributed by atoms with Crippen molar-refractivity contribution in [3.05, 3.63) is 0 Å². The van der Waals surface area contributed by atoms with E-state index in [-0.39, 0.29) is 0 Å². The summed E-state index contributed by atoms with van der Waals surface area (Å²) < 4.78 is 0. The number of carbonyl (C=O) groups excluding carboxylic acids is 1. The Labute approximate surface area is 88.3 Å². The Balaban J connectivity index is 2.32. The van der Waals surface area contributed by atoms with Crippen LogP contribution in [0.25, 0.3) is 0 Å². The van der Waals surface area contributed by atoms with Gasteiger partial charge in [-0.25, -0.2) is 0 Å². The van der Waals surface area contributed by atoms with E-state index in [4.69, 9.17) is 0 Å². The third-order valence-corrected chi connectivity index (χ3v) is 3.14. The zero-order chi connectivity index (χ0) is 10.6. The van der Waals surface area contributed by atoms with Crippen LogP contribution in [0.15, 0.2) is 0 Å². The minimum absolute atomic E-state index is 0.426. The summed E-state index contributed by atoms with van der Waals surface area (Å²) >= 11 is 0. The molecule has 0 N–H and O–H groups in total. The van der Waals surface area contributed by atoms with Crippen LogP contribution in [-0.2, 0) is 4.79 Å². The molecule has 0 aromatic carbocycles. The molecule has 1 saturated carbocycles. The summed E-state index contributed by atoms with van der Waals surface area (Å²) in [4.78, 5) is 11.4. The van der Waals surface area contributed by atoms with Crippen LogP contribution in [0.5, 0.6) is 0 Å². The lowest BCUT2D eigenvalue weighted by molar-refractivity contribution is -0.119. The number of ketones is 1. The molecule has 1 aliphatic rings. The highest BCUT2D eigenvalue weighted by molar-refractivity contribution is 5.78. The quantitative estimate of drug-likeness (QED) is 0.611. The summed E-state index contributed by atoms with van der Waals surface area (Å²) in [6, 6.07) is 0. The highest BCUT2D eigenvalue weighted by Gasteiger charge is 2.20. The number of carbonyl (C=O) groups is 1. The van der Waals surface area contributed by atoms with Gasteiger partial charge in [-0.15, -0.1) is 0 Å². The van der Waals surface area contributed by atoms with Crippen molar-refractivity contribution in [2.24, 2.45) is 11.3 Å². The molecule has 1 atom stereocenters. The summed E-state index contributed by atoms with van der Waals surface area (Å²) in [6.45, 7) is 6.85. The second kappa shape index (κ2) is 4.95. The summed E-state index contributed by atoms with van der Waals surface area (Å²) in [5, 5.41) is 0. The van der Waals surface area contributed by atoms with Crippen LogP contribution in [0, 0.1) is 11.3 Å². The van der Waals surface area contributed by atoms with Gasteiger partial charge in [0.25, 0.3) is 0 Å². The van der Waals surface area contributed by atoms with Crippen LogP contribution < -0.4 is 0 Å². The molecule has 1 rings (SSSR count). The predicted molar refractivity (Wildman–Crippen MR) is 60.3 cm³/mol. The maximum Gasteiger partial charge on any atom is 0.133 e. The van der Waals surface area contributed by atoms with Crippen LogP contribution in [0.4, 0.5) is 0 Å². The van der Waals surface area contributed by atoms with E-state index in [1.54, 1.807) is 0 Å². The zero-order valence-corrected chi connectivity index (χ0v) is 9.94. The summed E-state index contributed by atoms with van der Waals surface area (Å²) in [6.07, 6.45) is 7.87. The van der Waals surface area contributed by atoms with Crippen molar-refractivity contribution in [3.8, 4) is 0 Å². The van der Waals surface area contributed by atoms with Crippen LogP contribution in [0.1, 0.15) is 65.7 Å². The first kappa shape index (κ1) is 11.7. The Morgan fingerprint density at radius 1 is 1.29 bits per heavy atom. The van der Waals surface area contributed by atoms with Crippen LogP contribution in [-0.4, -0.2) is 5.78 Å². The zero-order valence-electron chi connectivity index (χ0n) is 9.94. The molecule has 0 spiro atoms. The van der Waals surface area contributed by atoms with Crippen molar-refractivity contribution in [2.75, 3.05) is 0 Å². The van der Waals surface area contributed by atoms with Gasteiger partial charge in [-0.3, -0.25) is 4.79 Å². The van der Waals surface area contributed by atoms with Gasteiger partial charge in [0.05, 0.1) is 0 Å². The summed E-state index contributed by atoms with van der Waals surface area (Å²) in [5.74, 6) is 1.19. The largest absolute Gasteiger partial charge is 0.300 e. The molecule has 0 saturated heterocycles. The van der Waals surface area contributed by atoms with Crippen molar-refractivity contribution < 1.29 is 4.79 Å². The van der Waals surface area contributed by atoms with Gasteiger partial charge in [0.15, 0.2) is 0 Å². The number of hydrogen-bond donors (Lipinski definition) is 0. The Hall–Kier alpha value is -0.330. The van der Waals surface area contributed by atoms with E-state index in [0.717, 1.165) is 19.3 Å². The van der Waals surface area contributed by atoms with Crippen molar-refractivity contribution in [1.82, 2.24) is 0 Å². The lowest BCUT2D eigenvalue weighted by Crippen LogP contribution is -2.11. The van der Waals surface area contributed by atoms with Gasteiger partial charge in [0.2, 0.25) is 0 Å². The Bertz CT molecular complexity index is 188. The van der Waals surface area contributed by atoms with E-state index in [1.165, 1.54) is 25.7 Å². The van der Waals surface area contributed by atoms with Crippen molar-refractivity contribution in [1.29, 1.82) is 0 Å². The predicted octanol–water partition coefficient (Wildman–Crippen LogP) is 3.96. The first-order valence-corrected chi connectivity index (χ1v) is 5.99. The van der Waals surface area contributed by atoms with E-state index >= 15 is 0 Å². The smallest absolute Gasteiger partial charge is 0.133 e. The fourth-order valence-corrected chi connectivity index (χ4v) is 2.16. The van der Waals surface area contributed by atoms with Gasteiger partial charge in [0.1, 0.15) is 5.78 Å². The molecule has 0 aliphatic heterocycles. The number of hydrogen-bond acceptors (Lipinski definition) is 1. The van der Waals surface area contributed by atoms with Gasteiger partial charge in [-0.1, -0.05) is 33.6 Å². The highest BCUT2D eigenvalue weighted by Crippen LogP contribution is 2.29. The molecule has 1 heteroatoms. The van der Waals surface area contributed by atoms with Crippen LogP contribution in [0.3, 0.4) is 0 Å². The molecule has 0 bridgehead atoms. The first-order valence-electron chi connectivity index (χ1n) is 5.99.